The molecule has 1 aromatic heterocycles. The highest BCUT2D eigenvalue weighted by Gasteiger charge is 2.04. The van der Waals surface area contributed by atoms with Gasteiger partial charge in [-0.2, -0.15) is 0 Å². The molecule has 0 amide bonds. The largest absolute Gasteiger partial charge is 0.398 e. The molecule has 0 spiro atoms. The standard InChI is InChI=1S/C16H15N3/c1-11-2-4-12(5-3-11)19-16-7-6-15(17)14-10-18-9-8-13(14)16/h2-10,19H,17H2,1H3. The predicted octanol–water partition coefficient (Wildman–Crippen LogP) is 3.87. The fraction of sp³-hybridized carbons (Fsp3) is 0.0625. The Labute approximate surface area is 112 Å². The van der Waals surface area contributed by atoms with E-state index in [-0.39, 0.29) is 0 Å². The van der Waals surface area contributed by atoms with Crippen LogP contribution in [0, 0.1) is 6.92 Å². The van der Waals surface area contributed by atoms with Crippen molar-refractivity contribution in [2.45, 2.75) is 6.92 Å². The molecule has 3 nitrogen and oxygen atoms in total. The van der Waals surface area contributed by atoms with Gasteiger partial charge in [0.2, 0.25) is 0 Å². The first-order valence-corrected chi connectivity index (χ1v) is 6.20. The van der Waals surface area contributed by atoms with Crippen molar-refractivity contribution in [2.75, 3.05) is 11.1 Å². The Morgan fingerprint density at radius 2 is 1.74 bits per heavy atom. The molecule has 0 unspecified atom stereocenters. The monoisotopic (exact) mass is 249 g/mol. The van der Waals surface area contributed by atoms with Gasteiger partial charge in [0.25, 0.3) is 0 Å². The van der Waals surface area contributed by atoms with Crippen LogP contribution in [0.1, 0.15) is 5.56 Å². The van der Waals surface area contributed by atoms with Crippen LogP contribution >= 0.6 is 0 Å². The normalized spacial score (nSPS) is 10.6. The third-order valence-electron chi connectivity index (χ3n) is 3.18. The van der Waals surface area contributed by atoms with E-state index < -0.39 is 0 Å². The zero-order valence-corrected chi connectivity index (χ0v) is 10.7. The summed E-state index contributed by atoms with van der Waals surface area (Å²) in [6.45, 7) is 2.08. The molecule has 0 radical (unpaired) electrons. The molecule has 19 heavy (non-hydrogen) atoms. The van der Waals surface area contributed by atoms with E-state index in [0.29, 0.717) is 0 Å². The molecule has 94 valence electrons. The van der Waals surface area contributed by atoms with Crippen LogP contribution in [0.5, 0.6) is 0 Å². The summed E-state index contributed by atoms with van der Waals surface area (Å²) in [7, 11) is 0. The van der Waals surface area contributed by atoms with E-state index in [4.69, 9.17) is 5.73 Å². The zero-order chi connectivity index (χ0) is 13.2. The van der Waals surface area contributed by atoms with Gasteiger partial charge in [-0.3, -0.25) is 4.98 Å². The molecule has 2 aromatic carbocycles. The van der Waals surface area contributed by atoms with Crippen LogP contribution < -0.4 is 11.1 Å². The number of fused-ring (bicyclic) bond motifs is 1. The minimum Gasteiger partial charge on any atom is -0.398 e. The van der Waals surface area contributed by atoms with Gasteiger partial charge in [-0.25, -0.2) is 0 Å². The van der Waals surface area contributed by atoms with Crippen LogP contribution in [0.15, 0.2) is 54.9 Å². The third-order valence-corrected chi connectivity index (χ3v) is 3.18. The van der Waals surface area contributed by atoms with E-state index in [1.165, 1.54) is 5.56 Å². The number of nitrogens with zero attached hydrogens (tertiary/aromatic N) is 1. The molecule has 0 bridgehead atoms. The number of pyridine rings is 1. The minimum absolute atomic E-state index is 0.748. The molecule has 0 fully saturated rings. The van der Waals surface area contributed by atoms with Crippen molar-refractivity contribution < 1.29 is 0 Å². The number of rotatable bonds is 2. The molecule has 0 atom stereocenters. The van der Waals surface area contributed by atoms with Crippen LogP contribution in [0.25, 0.3) is 10.8 Å². The van der Waals surface area contributed by atoms with Crippen LogP contribution in [-0.2, 0) is 0 Å². The highest BCUT2D eigenvalue weighted by molar-refractivity contribution is 6.01. The summed E-state index contributed by atoms with van der Waals surface area (Å²) in [5, 5.41) is 5.47. The zero-order valence-electron chi connectivity index (χ0n) is 10.7. The second-order valence-electron chi connectivity index (χ2n) is 4.61. The molecular formula is C16H15N3. The number of benzene rings is 2. The first-order chi connectivity index (χ1) is 9.24. The van der Waals surface area contributed by atoms with E-state index in [1.54, 1.807) is 12.4 Å². The molecule has 3 aromatic rings. The highest BCUT2D eigenvalue weighted by atomic mass is 14.9. The van der Waals surface area contributed by atoms with Crippen molar-refractivity contribution >= 4 is 27.8 Å². The predicted molar refractivity (Wildman–Crippen MR) is 80.6 cm³/mol. The summed E-state index contributed by atoms with van der Waals surface area (Å²) in [5.41, 5.74) is 10.1. The van der Waals surface area contributed by atoms with E-state index in [1.807, 2.05) is 18.2 Å². The van der Waals surface area contributed by atoms with Gasteiger partial charge in [0.15, 0.2) is 0 Å². The van der Waals surface area contributed by atoms with Crippen molar-refractivity contribution in [3.8, 4) is 0 Å². The Hall–Kier alpha value is -2.55. The number of hydrogen-bond donors (Lipinski definition) is 2. The van der Waals surface area contributed by atoms with E-state index in [9.17, 15) is 0 Å². The third kappa shape index (κ3) is 2.22. The van der Waals surface area contributed by atoms with Crippen molar-refractivity contribution in [1.29, 1.82) is 0 Å². The smallest absolute Gasteiger partial charge is 0.0466 e. The SMILES string of the molecule is Cc1ccc(Nc2ccc(N)c3cnccc23)cc1. The van der Waals surface area contributed by atoms with Gasteiger partial charge in [-0.1, -0.05) is 17.7 Å². The van der Waals surface area contributed by atoms with Gasteiger partial charge < -0.3 is 11.1 Å². The number of aryl methyl sites for hydroxylation is 1. The van der Waals surface area contributed by atoms with E-state index >= 15 is 0 Å². The van der Waals surface area contributed by atoms with Crippen LogP contribution in [-0.4, -0.2) is 4.98 Å². The maximum atomic E-state index is 5.97. The van der Waals surface area contributed by atoms with Gasteiger partial charge in [0.1, 0.15) is 0 Å². The van der Waals surface area contributed by atoms with Gasteiger partial charge >= 0.3 is 0 Å². The number of nitrogen functional groups attached to an aromatic ring is 1. The Kier molecular flexibility index (Phi) is 2.80. The van der Waals surface area contributed by atoms with E-state index in [0.717, 1.165) is 27.8 Å². The van der Waals surface area contributed by atoms with E-state index in [2.05, 4.69) is 41.5 Å². The fourth-order valence-corrected chi connectivity index (χ4v) is 2.11. The molecule has 3 heteroatoms. The second kappa shape index (κ2) is 4.61. The lowest BCUT2D eigenvalue weighted by atomic mass is 10.1. The van der Waals surface area contributed by atoms with Crippen molar-refractivity contribution in [3.05, 3.63) is 60.4 Å². The number of hydrogen-bond acceptors (Lipinski definition) is 3. The Morgan fingerprint density at radius 3 is 2.53 bits per heavy atom. The molecule has 3 rings (SSSR count). The molecule has 0 saturated heterocycles. The maximum Gasteiger partial charge on any atom is 0.0466 e. The average molecular weight is 249 g/mol. The Balaban J connectivity index is 2.06. The lowest BCUT2D eigenvalue weighted by Crippen LogP contribution is -1.94. The maximum absolute atomic E-state index is 5.97. The van der Waals surface area contributed by atoms with Gasteiger partial charge in [-0.15, -0.1) is 0 Å². The summed E-state index contributed by atoms with van der Waals surface area (Å²) in [6.07, 6.45) is 3.58. The quantitative estimate of drug-likeness (QED) is 0.678. The summed E-state index contributed by atoms with van der Waals surface area (Å²) >= 11 is 0. The lowest BCUT2D eigenvalue weighted by Gasteiger charge is -2.11. The minimum atomic E-state index is 0.748. The average Bonchev–Trinajstić information content (AvgIpc) is 2.45. The number of nitrogens with two attached hydrogens (primary N) is 1. The molecule has 1 heterocycles. The second-order valence-corrected chi connectivity index (χ2v) is 4.61. The first-order valence-electron chi connectivity index (χ1n) is 6.20. The van der Waals surface area contributed by atoms with Crippen LogP contribution in [0.3, 0.4) is 0 Å². The Morgan fingerprint density at radius 1 is 0.947 bits per heavy atom. The summed E-state index contributed by atoms with van der Waals surface area (Å²) in [4.78, 5) is 4.13. The number of anilines is 3. The fourth-order valence-electron chi connectivity index (χ4n) is 2.11. The first kappa shape index (κ1) is 11.5. The number of nitrogens with one attached hydrogen (secondary N) is 1. The molecule has 3 N–H and O–H groups in total. The molecular weight excluding hydrogens is 234 g/mol. The molecule has 0 aliphatic carbocycles. The Bertz CT molecular complexity index is 718. The van der Waals surface area contributed by atoms with Gasteiger partial charge in [0, 0.05) is 40.2 Å². The van der Waals surface area contributed by atoms with Crippen LogP contribution in [0.4, 0.5) is 17.1 Å². The van der Waals surface area contributed by atoms with Crippen molar-refractivity contribution in [1.82, 2.24) is 4.98 Å². The summed E-state index contributed by atoms with van der Waals surface area (Å²) in [5.74, 6) is 0. The van der Waals surface area contributed by atoms with Gasteiger partial charge in [0.05, 0.1) is 0 Å². The lowest BCUT2D eigenvalue weighted by molar-refractivity contribution is 1.36. The molecule has 0 aliphatic heterocycles. The highest BCUT2D eigenvalue weighted by Crippen LogP contribution is 2.29. The summed E-state index contributed by atoms with van der Waals surface area (Å²) < 4.78 is 0. The van der Waals surface area contributed by atoms with Crippen LogP contribution in [0.2, 0.25) is 0 Å². The van der Waals surface area contributed by atoms with Crippen molar-refractivity contribution in [3.63, 3.8) is 0 Å². The number of aromatic nitrogens is 1. The molecule has 0 saturated carbocycles. The summed E-state index contributed by atoms with van der Waals surface area (Å²) in [6, 6.07) is 14.2. The molecule has 0 aliphatic rings. The van der Waals surface area contributed by atoms with Gasteiger partial charge in [-0.05, 0) is 37.3 Å². The van der Waals surface area contributed by atoms with Crippen molar-refractivity contribution in [2.24, 2.45) is 0 Å². The topological polar surface area (TPSA) is 50.9 Å².